The summed E-state index contributed by atoms with van der Waals surface area (Å²) in [6.07, 6.45) is 1.83. The number of urea groups is 1. The summed E-state index contributed by atoms with van der Waals surface area (Å²) in [5.41, 5.74) is -0.672. The molecule has 0 unspecified atom stereocenters. The number of carbonyl (C=O) groups is 3. The maximum absolute atomic E-state index is 12.9. The smallest absolute Gasteiger partial charge is 0.325 e. The van der Waals surface area contributed by atoms with Crippen molar-refractivity contribution in [3.8, 4) is 11.5 Å². The van der Waals surface area contributed by atoms with Crippen LogP contribution in [0.15, 0.2) is 18.2 Å². The van der Waals surface area contributed by atoms with Crippen LogP contribution in [0, 0.1) is 0 Å². The van der Waals surface area contributed by atoms with Gasteiger partial charge in [0.25, 0.3) is 5.91 Å². The van der Waals surface area contributed by atoms with Crippen molar-refractivity contribution in [2.24, 2.45) is 0 Å². The molecule has 0 radical (unpaired) electrons. The highest BCUT2D eigenvalue weighted by Crippen LogP contribution is 2.37. The standard InChI is InChI=1S/C18H23N3O5/c1-4-5-8-20(3)15(22)10-21-16(23)18(2,19-17(21)24)12-6-7-13-14(9-12)26-11-25-13/h6-7,9H,4-5,8,10-11H2,1-3H3,(H,19,24)/t18-/m0/s1. The van der Waals surface area contributed by atoms with Gasteiger partial charge >= 0.3 is 6.03 Å². The van der Waals surface area contributed by atoms with Crippen LogP contribution in [0.25, 0.3) is 0 Å². The zero-order chi connectivity index (χ0) is 18.9. The van der Waals surface area contributed by atoms with Crippen LogP contribution < -0.4 is 14.8 Å². The van der Waals surface area contributed by atoms with Crippen LogP contribution in [0.5, 0.6) is 11.5 Å². The molecule has 1 atom stereocenters. The summed E-state index contributed by atoms with van der Waals surface area (Å²) < 4.78 is 10.6. The summed E-state index contributed by atoms with van der Waals surface area (Å²) >= 11 is 0. The van der Waals surface area contributed by atoms with E-state index in [1.807, 2.05) is 6.92 Å². The van der Waals surface area contributed by atoms with Gasteiger partial charge in [-0.05, 0) is 31.0 Å². The first-order chi connectivity index (χ1) is 12.4. The number of rotatable bonds is 6. The molecule has 0 aromatic heterocycles. The van der Waals surface area contributed by atoms with Gasteiger partial charge in [0, 0.05) is 13.6 Å². The van der Waals surface area contributed by atoms with Crippen LogP contribution in [0.2, 0.25) is 0 Å². The monoisotopic (exact) mass is 361 g/mol. The molecule has 1 aromatic carbocycles. The second-order valence-corrected chi connectivity index (χ2v) is 6.68. The average molecular weight is 361 g/mol. The number of unbranched alkanes of at least 4 members (excludes halogenated alkanes) is 1. The third kappa shape index (κ3) is 3.07. The highest BCUT2D eigenvalue weighted by molar-refractivity contribution is 6.09. The minimum absolute atomic E-state index is 0.126. The molecule has 140 valence electrons. The molecule has 0 bridgehead atoms. The fraction of sp³-hybridized carbons (Fsp3) is 0.500. The van der Waals surface area contributed by atoms with Gasteiger partial charge < -0.3 is 19.7 Å². The molecule has 0 saturated carbocycles. The number of fused-ring (bicyclic) bond motifs is 1. The molecule has 2 aliphatic rings. The van der Waals surface area contributed by atoms with Gasteiger partial charge in [-0.25, -0.2) is 4.79 Å². The number of ether oxygens (including phenoxy) is 2. The number of nitrogens with one attached hydrogen (secondary N) is 1. The molecule has 1 N–H and O–H groups in total. The Labute approximate surface area is 152 Å². The van der Waals surface area contributed by atoms with Crippen molar-refractivity contribution >= 4 is 17.8 Å². The lowest BCUT2D eigenvalue weighted by atomic mass is 9.91. The Morgan fingerprint density at radius 3 is 2.77 bits per heavy atom. The van der Waals surface area contributed by atoms with Crippen LogP contribution in [0.4, 0.5) is 4.79 Å². The van der Waals surface area contributed by atoms with Crippen molar-refractivity contribution in [1.29, 1.82) is 0 Å². The summed E-state index contributed by atoms with van der Waals surface area (Å²) in [4.78, 5) is 40.1. The van der Waals surface area contributed by atoms with E-state index in [4.69, 9.17) is 9.47 Å². The number of nitrogens with zero attached hydrogens (tertiary/aromatic N) is 2. The predicted octanol–water partition coefficient (Wildman–Crippen LogP) is 1.44. The molecule has 1 fully saturated rings. The fourth-order valence-corrected chi connectivity index (χ4v) is 3.02. The lowest BCUT2D eigenvalue weighted by Gasteiger charge is -2.23. The quantitative estimate of drug-likeness (QED) is 0.775. The highest BCUT2D eigenvalue weighted by atomic mass is 16.7. The van der Waals surface area contributed by atoms with Gasteiger partial charge in [0.15, 0.2) is 11.5 Å². The molecule has 1 aromatic rings. The molecule has 8 heteroatoms. The Morgan fingerprint density at radius 1 is 1.31 bits per heavy atom. The van der Waals surface area contributed by atoms with Crippen LogP contribution >= 0.6 is 0 Å². The van der Waals surface area contributed by atoms with E-state index in [0.717, 1.165) is 17.7 Å². The summed E-state index contributed by atoms with van der Waals surface area (Å²) in [6, 6.07) is 4.52. The van der Waals surface area contributed by atoms with Crippen molar-refractivity contribution in [3.05, 3.63) is 23.8 Å². The number of imide groups is 1. The lowest BCUT2D eigenvalue weighted by molar-refractivity contribution is -0.138. The van der Waals surface area contributed by atoms with E-state index < -0.39 is 17.5 Å². The van der Waals surface area contributed by atoms with Crippen LogP contribution in [0.1, 0.15) is 32.3 Å². The fourth-order valence-electron chi connectivity index (χ4n) is 3.02. The Hall–Kier alpha value is -2.77. The van der Waals surface area contributed by atoms with E-state index >= 15 is 0 Å². The van der Waals surface area contributed by atoms with E-state index in [0.29, 0.717) is 23.6 Å². The maximum Gasteiger partial charge on any atom is 0.325 e. The van der Waals surface area contributed by atoms with E-state index in [1.165, 1.54) is 0 Å². The molecule has 2 heterocycles. The highest BCUT2D eigenvalue weighted by Gasteiger charge is 2.50. The van der Waals surface area contributed by atoms with Crippen molar-refractivity contribution in [1.82, 2.24) is 15.1 Å². The number of hydrogen-bond donors (Lipinski definition) is 1. The summed E-state index contributed by atoms with van der Waals surface area (Å²) in [5, 5.41) is 2.70. The largest absolute Gasteiger partial charge is 0.454 e. The normalized spacial score (nSPS) is 21.1. The molecule has 0 aliphatic carbocycles. The number of carbonyl (C=O) groups excluding carboxylic acids is 3. The molecule has 1 saturated heterocycles. The van der Waals surface area contributed by atoms with E-state index in [-0.39, 0.29) is 19.2 Å². The summed E-state index contributed by atoms with van der Waals surface area (Å²) in [6.45, 7) is 4.10. The molecule has 4 amide bonds. The first-order valence-corrected chi connectivity index (χ1v) is 8.65. The van der Waals surface area contributed by atoms with Gasteiger partial charge in [-0.3, -0.25) is 14.5 Å². The topological polar surface area (TPSA) is 88.2 Å². The van der Waals surface area contributed by atoms with Gasteiger partial charge in [-0.15, -0.1) is 0 Å². The van der Waals surface area contributed by atoms with Crippen molar-refractivity contribution in [2.75, 3.05) is 26.9 Å². The molecular weight excluding hydrogens is 338 g/mol. The molecule has 0 spiro atoms. The van der Waals surface area contributed by atoms with Gasteiger partial charge in [-0.2, -0.15) is 0 Å². The maximum atomic E-state index is 12.9. The first-order valence-electron chi connectivity index (χ1n) is 8.65. The number of hydrogen-bond acceptors (Lipinski definition) is 5. The third-order valence-corrected chi connectivity index (χ3v) is 4.79. The number of amides is 4. The molecule has 2 aliphatic heterocycles. The van der Waals surface area contributed by atoms with Gasteiger partial charge in [0.05, 0.1) is 0 Å². The van der Waals surface area contributed by atoms with Crippen molar-refractivity contribution < 1.29 is 23.9 Å². The van der Waals surface area contributed by atoms with Crippen molar-refractivity contribution in [3.63, 3.8) is 0 Å². The van der Waals surface area contributed by atoms with Crippen LogP contribution in [0.3, 0.4) is 0 Å². The second-order valence-electron chi connectivity index (χ2n) is 6.68. The minimum atomic E-state index is -1.25. The average Bonchev–Trinajstić information content (AvgIpc) is 3.17. The Kier molecular flexibility index (Phi) is 4.76. The van der Waals surface area contributed by atoms with Gasteiger partial charge in [-0.1, -0.05) is 19.4 Å². The number of likely N-dealkylation sites (N-methyl/N-ethyl adjacent to an activating group) is 1. The van der Waals surface area contributed by atoms with Gasteiger partial charge in [0.2, 0.25) is 12.7 Å². The van der Waals surface area contributed by atoms with Gasteiger partial charge in [0.1, 0.15) is 12.1 Å². The van der Waals surface area contributed by atoms with E-state index in [1.54, 1.807) is 37.1 Å². The van der Waals surface area contributed by atoms with Crippen LogP contribution in [-0.2, 0) is 15.1 Å². The Balaban J connectivity index is 1.76. The zero-order valence-electron chi connectivity index (χ0n) is 15.2. The number of benzene rings is 1. The lowest BCUT2D eigenvalue weighted by Crippen LogP contribution is -2.43. The molecule has 26 heavy (non-hydrogen) atoms. The minimum Gasteiger partial charge on any atom is -0.454 e. The zero-order valence-corrected chi connectivity index (χ0v) is 15.2. The molecule has 3 rings (SSSR count). The Bertz CT molecular complexity index is 750. The van der Waals surface area contributed by atoms with Crippen molar-refractivity contribution in [2.45, 2.75) is 32.2 Å². The summed E-state index contributed by atoms with van der Waals surface area (Å²) in [7, 11) is 1.67. The first kappa shape index (κ1) is 18.0. The van der Waals surface area contributed by atoms with E-state index in [2.05, 4.69) is 5.32 Å². The molecule has 8 nitrogen and oxygen atoms in total. The SMILES string of the molecule is CCCCN(C)C(=O)CN1C(=O)N[C@@](C)(c2ccc3c(c2)OCO3)C1=O. The van der Waals surface area contributed by atoms with Crippen LogP contribution in [-0.4, -0.2) is 54.6 Å². The third-order valence-electron chi connectivity index (χ3n) is 4.79. The second kappa shape index (κ2) is 6.86. The Morgan fingerprint density at radius 2 is 2.04 bits per heavy atom. The van der Waals surface area contributed by atoms with E-state index in [9.17, 15) is 14.4 Å². The molecular formula is C18H23N3O5. The predicted molar refractivity (Wildman–Crippen MR) is 92.7 cm³/mol. The summed E-state index contributed by atoms with van der Waals surface area (Å²) in [5.74, 6) is 0.397.